The van der Waals surface area contributed by atoms with Gasteiger partial charge in [0.05, 0.1) is 24.1 Å². The van der Waals surface area contributed by atoms with Crippen LogP contribution in [0.15, 0.2) is 48.5 Å². The van der Waals surface area contributed by atoms with Crippen LogP contribution in [-0.2, 0) is 6.54 Å². The molecule has 1 aromatic heterocycles. The van der Waals surface area contributed by atoms with Crippen molar-refractivity contribution in [3.63, 3.8) is 0 Å². The largest absolute Gasteiger partial charge is 0.476 e. The highest BCUT2D eigenvalue weighted by molar-refractivity contribution is 6.30. The average molecular weight is 384 g/mol. The van der Waals surface area contributed by atoms with Crippen LogP contribution in [0, 0.1) is 0 Å². The Hall–Kier alpha value is -2.04. The maximum absolute atomic E-state index is 6.07. The maximum Gasteiger partial charge on any atom is 0.240 e. The fourth-order valence-corrected chi connectivity index (χ4v) is 3.97. The average Bonchev–Trinajstić information content (AvgIpc) is 3.25. The van der Waals surface area contributed by atoms with Gasteiger partial charge in [-0.25, -0.2) is 0 Å². The lowest BCUT2D eigenvalue weighted by Crippen LogP contribution is -2.28. The Morgan fingerprint density at radius 1 is 1.15 bits per heavy atom. The molecular formula is C22H26ClN3O. The molecular weight excluding hydrogens is 358 g/mol. The Bertz CT molecular complexity index is 890. The summed E-state index contributed by atoms with van der Waals surface area (Å²) in [5, 5.41) is 6.56. The van der Waals surface area contributed by atoms with Gasteiger partial charge in [0.25, 0.3) is 0 Å². The summed E-state index contributed by atoms with van der Waals surface area (Å²) >= 11 is 5.99. The first kappa shape index (κ1) is 18.3. The second kappa shape index (κ2) is 8.32. The zero-order valence-electron chi connectivity index (χ0n) is 15.8. The third-order valence-corrected chi connectivity index (χ3v) is 5.64. The topological polar surface area (TPSA) is 30.3 Å². The van der Waals surface area contributed by atoms with Crippen molar-refractivity contribution in [1.29, 1.82) is 0 Å². The van der Waals surface area contributed by atoms with Crippen molar-refractivity contribution in [2.24, 2.45) is 0 Å². The quantitative estimate of drug-likeness (QED) is 0.538. The molecule has 3 aromatic rings. The van der Waals surface area contributed by atoms with Crippen molar-refractivity contribution in [2.75, 3.05) is 19.7 Å². The first-order valence-corrected chi connectivity index (χ1v) is 10.2. The molecule has 1 atom stereocenters. The number of ether oxygens (including phenoxy) is 1. The number of benzene rings is 2. The van der Waals surface area contributed by atoms with E-state index in [2.05, 4.69) is 24.0 Å². The summed E-state index contributed by atoms with van der Waals surface area (Å²) in [4.78, 5) is 2.56. The molecule has 4 nitrogen and oxygen atoms in total. The number of nitrogens with zero attached hydrogens (tertiary/aromatic N) is 3. The summed E-state index contributed by atoms with van der Waals surface area (Å²) in [6.07, 6.45) is 3.67. The summed E-state index contributed by atoms with van der Waals surface area (Å²) in [7, 11) is 0. The predicted octanol–water partition coefficient (Wildman–Crippen LogP) is 4.99. The molecule has 0 saturated carbocycles. The molecule has 4 rings (SSSR count). The normalized spacial score (nSPS) is 17.6. The number of fused-ring (bicyclic) bond motifs is 1. The minimum Gasteiger partial charge on any atom is -0.476 e. The van der Waals surface area contributed by atoms with E-state index in [4.69, 9.17) is 21.4 Å². The number of hydrogen-bond acceptors (Lipinski definition) is 3. The van der Waals surface area contributed by atoms with Gasteiger partial charge < -0.3 is 9.64 Å². The monoisotopic (exact) mass is 383 g/mol. The van der Waals surface area contributed by atoms with Crippen molar-refractivity contribution in [3.8, 4) is 5.88 Å². The number of hydrogen-bond donors (Lipinski definition) is 0. The van der Waals surface area contributed by atoms with Crippen LogP contribution in [0.5, 0.6) is 5.88 Å². The van der Waals surface area contributed by atoms with E-state index in [0.717, 1.165) is 34.8 Å². The van der Waals surface area contributed by atoms with Crippen LogP contribution >= 0.6 is 11.6 Å². The predicted molar refractivity (Wildman–Crippen MR) is 111 cm³/mol. The van der Waals surface area contributed by atoms with Crippen LogP contribution in [0.2, 0.25) is 5.02 Å². The minimum absolute atomic E-state index is 0.700. The molecule has 0 bridgehead atoms. The molecule has 0 spiro atoms. The van der Waals surface area contributed by atoms with Crippen molar-refractivity contribution >= 4 is 22.5 Å². The van der Waals surface area contributed by atoms with Gasteiger partial charge in [0, 0.05) is 17.6 Å². The number of halogens is 1. The molecule has 1 saturated heterocycles. The lowest BCUT2D eigenvalue weighted by molar-refractivity contribution is 0.227. The molecule has 5 heteroatoms. The molecule has 0 N–H and O–H groups in total. The fraction of sp³-hybridized carbons (Fsp3) is 0.409. The molecule has 1 fully saturated rings. The van der Waals surface area contributed by atoms with Gasteiger partial charge in [-0.2, -0.15) is 0 Å². The van der Waals surface area contributed by atoms with Crippen molar-refractivity contribution in [3.05, 3.63) is 59.1 Å². The van der Waals surface area contributed by atoms with Gasteiger partial charge >= 0.3 is 0 Å². The summed E-state index contributed by atoms with van der Waals surface area (Å²) in [5.74, 6) is 0.731. The molecule has 2 aromatic carbocycles. The van der Waals surface area contributed by atoms with Crippen molar-refractivity contribution < 1.29 is 4.74 Å². The van der Waals surface area contributed by atoms with E-state index in [1.54, 1.807) is 0 Å². The molecule has 0 amide bonds. The third kappa shape index (κ3) is 4.28. The van der Waals surface area contributed by atoms with Crippen LogP contribution < -0.4 is 4.74 Å². The molecule has 0 unspecified atom stereocenters. The van der Waals surface area contributed by atoms with Gasteiger partial charge in [0.2, 0.25) is 5.88 Å². The summed E-state index contributed by atoms with van der Waals surface area (Å²) in [6, 6.07) is 16.9. The first-order valence-electron chi connectivity index (χ1n) is 9.77. The van der Waals surface area contributed by atoms with Gasteiger partial charge in [-0.3, -0.25) is 4.68 Å². The van der Waals surface area contributed by atoms with E-state index < -0.39 is 0 Å². The highest BCUT2D eigenvalue weighted by atomic mass is 35.5. The fourth-order valence-electron chi connectivity index (χ4n) is 3.85. The van der Waals surface area contributed by atoms with Gasteiger partial charge in [-0.05, 0) is 62.6 Å². The molecule has 142 valence electrons. The van der Waals surface area contributed by atoms with Crippen LogP contribution in [0.25, 0.3) is 10.9 Å². The Labute approximate surface area is 165 Å². The smallest absolute Gasteiger partial charge is 0.240 e. The van der Waals surface area contributed by atoms with E-state index >= 15 is 0 Å². The highest BCUT2D eigenvalue weighted by Gasteiger charge is 2.19. The summed E-state index contributed by atoms with van der Waals surface area (Å²) < 4.78 is 8.08. The van der Waals surface area contributed by atoms with Crippen LogP contribution in [0.4, 0.5) is 0 Å². The second-order valence-electron chi connectivity index (χ2n) is 7.34. The molecule has 0 radical (unpaired) electrons. The van der Waals surface area contributed by atoms with E-state index in [1.165, 1.54) is 24.9 Å². The summed E-state index contributed by atoms with van der Waals surface area (Å²) in [6.45, 7) is 6.04. The van der Waals surface area contributed by atoms with Gasteiger partial charge in [0.15, 0.2) is 0 Å². The minimum atomic E-state index is 0.700. The molecule has 1 aliphatic heterocycles. The van der Waals surface area contributed by atoms with E-state index in [-0.39, 0.29) is 0 Å². The SMILES string of the molecule is C[C@@H]1CCCN1CCCOc1nn(Cc2ccc(Cl)cc2)c2ccccc12. The second-order valence-corrected chi connectivity index (χ2v) is 7.77. The lowest BCUT2D eigenvalue weighted by Gasteiger charge is -2.20. The molecule has 2 heterocycles. The lowest BCUT2D eigenvalue weighted by atomic mass is 10.2. The molecule has 1 aliphatic rings. The zero-order valence-corrected chi connectivity index (χ0v) is 16.5. The Balaban J connectivity index is 1.44. The Morgan fingerprint density at radius 3 is 2.74 bits per heavy atom. The number of para-hydroxylation sites is 1. The molecule has 0 aliphatic carbocycles. The summed E-state index contributed by atoms with van der Waals surface area (Å²) in [5.41, 5.74) is 2.26. The number of rotatable bonds is 7. The Morgan fingerprint density at radius 2 is 1.96 bits per heavy atom. The van der Waals surface area contributed by atoms with E-state index in [0.29, 0.717) is 19.2 Å². The van der Waals surface area contributed by atoms with E-state index in [9.17, 15) is 0 Å². The van der Waals surface area contributed by atoms with Crippen LogP contribution in [0.1, 0.15) is 31.7 Å². The standard InChI is InChI=1S/C22H26ClN3O/c1-17-6-4-13-25(17)14-5-15-27-22-20-7-2-3-8-21(20)26(24-22)16-18-9-11-19(23)12-10-18/h2-3,7-12,17H,4-6,13-16H2,1H3/t17-/m1/s1. The van der Waals surface area contributed by atoms with Crippen molar-refractivity contribution in [1.82, 2.24) is 14.7 Å². The van der Waals surface area contributed by atoms with Crippen LogP contribution in [-0.4, -0.2) is 40.4 Å². The molecule has 27 heavy (non-hydrogen) atoms. The zero-order chi connectivity index (χ0) is 18.6. The third-order valence-electron chi connectivity index (χ3n) is 5.39. The number of likely N-dealkylation sites (tertiary alicyclic amines) is 1. The van der Waals surface area contributed by atoms with Gasteiger partial charge in [-0.1, -0.05) is 35.9 Å². The highest BCUT2D eigenvalue weighted by Crippen LogP contribution is 2.26. The Kier molecular flexibility index (Phi) is 5.65. The van der Waals surface area contributed by atoms with Gasteiger partial charge in [0.1, 0.15) is 0 Å². The van der Waals surface area contributed by atoms with Crippen molar-refractivity contribution in [2.45, 2.75) is 38.8 Å². The number of aromatic nitrogens is 2. The van der Waals surface area contributed by atoms with Gasteiger partial charge in [-0.15, -0.1) is 5.10 Å². The first-order chi connectivity index (χ1) is 13.2. The maximum atomic E-state index is 6.07. The van der Waals surface area contributed by atoms with E-state index in [1.807, 2.05) is 41.1 Å². The van der Waals surface area contributed by atoms with Crippen LogP contribution in [0.3, 0.4) is 0 Å².